The molecule has 4 heterocycles. The molecule has 3 saturated heterocycles. The third-order valence-electron chi connectivity index (χ3n) is 11.6. The van der Waals surface area contributed by atoms with Gasteiger partial charge in [-0.05, 0) is 61.3 Å². The van der Waals surface area contributed by atoms with Gasteiger partial charge in [-0.25, -0.2) is 0 Å². The predicted octanol–water partition coefficient (Wildman–Crippen LogP) is 6.31. The van der Waals surface area contributed by atoms with E-state index in [0.717, 1.165) is 24.0 Å². The van der Waals surface area contributed by atoms with Crippen LogP contribution in [0.4, 0.5) is 0 Å². The number of benzene rings is 1. The van der Waals surface area contributed by atoms with Crippen LogP contribution in [-0.4, -0.2) is 84.5 Å². The van der Waals surface area contributed by atoms with Crippen LogP contribution < -0.4 is 0 Å². The van der Waals surface area contributed by atoms with Crippen LogP contribution >= 0.6 is 0 Å². The second-order valence-corrected chi connectivity index (χ2v) is 15.1. The highest BCUT2D eigenvalue weighted by molar-refractivity contribution is 5.78. The molecule has 274 valence electrons. The molecule has 3 fully saturated rings. The van der Waals surface area contributed by atoms with Gasteiger partial charge in [0, 0.05) is 32.3 Å². The van der Waals surface area contributed by atoms with Crippen molar-refractivity contribution in [2.75, 3.05) is 20.3 Å². The summed E-state index contributed by atoms with van der Waals surface area (Å²) in [5.41, 5.74) is 1.44. The number of allylic oxidation sites excluding steroid dienone is 2. The molecule has 4 aliphatic heterocycles. The molecule has 1 aromatic rings. The minimum absolute atomic E-state index is 0.0490. The van der Waals surface area contributed by atoms with Crippen molar-refractivity contribution >= 4 is 5.97 Å². The number of hydrogen-bond acceptors (Lipinski definition) is 9. The molecule has 12 atom stereocenters. The number of carbonyl (C=O) groups is 1. The van der Waals surface area contributed by atoms with Crippen LogP contribution in [0.2, 0.25) is 0 Å². The van der Waals surface area contributed by atoms with Gasteiger partial charge in [-0.1, -0.05) is 81.5 Å². The van der Waals surface area contributed by atoms with E-state index in [0.29, 0.717) is 49.4 Å². The first kappa shape index (κ1) is 37.1. The van der Waals surface area contributed by atoms with Gasteiger partial charge in [0.15, 0.2) is 5.79 Å². The molecule has 1 unspecified atom stereocenters. The number of methoxy groups -OCH3 is 1. The number of fused-ring (bicyclic) bond motifs is 2. The highest BCUT2D eigenvalue weighted by Crippen LogP contribution is 2.47. The van der Waals surface area contributed by atoms with E-state index >= 15 is 0 Å². The average molecular weight is 693 g/mol. The molecule has 5 aliphatic rings. The smallest absolute Gasteiger partial charge is 0.316 e. The van der Waals surface area contributed by atoms with E-state index in [9.17, 15) is 15.0 Å². The fourth-order valence-electron chi connectivity index (χ4n) is 8.61. The standard InChI is InChI=1S/C41H56O9/c1-7-34-25(2)18-19-40(50-34)22-32-21-31(49-40)17-16-27(4)37(46-24-35(45-6)29-13-9-8-10-14-29)26(3)12-11-15-30-23-47-38-36(42)28(5)20-33(39(43)48-32)41(30,38)44/h8-16,20,25-26,31-38,42,44H,7,17-19,21-24H2,1-6H3/b12-11+,27-16+,30-15+/t25-,26-,31+,32-,33-,34+,35?,36+,37+,38-,40+,41+/m0/s1. The molecular formula is C41H56O9. The van der Waals surface area contributed by atoms with Gasteiger partial charge in [-0.15, -0.1) is 0 Å². The first-order valence-corrected chi connectivity index (χ1v) is 18.5. The predicted molar refractivity (Wildman–Crippen MR) is 189 cm³/mol. The third-order valence-corrected chi connectivity index (χ3v) is 11.6. The van der Waals surface area contributed by atoms with E-state index < -0.39 is 41.6 Å². The normalized spacial score (nSPS) is 42.7. The molecule has 0 radical (unpaired) electrons. The van der Waals surface area contributed by atoms with Crippen LogP contribution in [0.3, 0.4) is 0 Å². The van der Waals surface area contributed by atoms with Crippen molar-refractivity contribution in [3.63, 3.8) is 0 Å². The Morgan fingerprint density at radius 1 is 1.08 bits per heavy atom. The van der Waals surface area contributed by atoms with Gasteiger partial charge >= 0.3 is 5.97 Å². The molecule has 1 spiro atoms. The van der Waals surface area contributed by atoms with Gasteiger partial charge in [-0.3, -0.25) is 4.79 Å². The molecule has 9 heteroatoms. The lowest BCUT2D eigenvalue weighted by Gasteiger charge is -2.50. The van der Waals surface area contributed by atoms with Gasteiger partial charge in [0.25, 0.3) is 0 Å². The Hall–Kier alpha value is -2.63. The molecule has 2 N–H and O–H groups in total. The van der Waals surface area contributed by atoms with Crippen molar-refractivity contribution < 1.29 is 43.4 Å². The zero-order valence-corrected chi connectivity index (χ0v) is 30.5. The van der Waals surface area contributed by atoms with Crippen molar-refractivity contribution in [1.29, 1.82) is 0 Å². The summed E-state index contributed by atoms with van der Waals surface area (Å²) >= 11 is 0. The van der Waals surface area contributed by atoms with E-state index in [2.05, 4.69) is 33.8 Å². The fourth-order valence-corrected chi connectivity index (χ4v) is 8.61. The number of ether oxygens (including phenoxy) is 6. The molecule has 50 heavy (non-hydrogen) atoms. The van der Waals surface area contributed by atoms with Crippen molar-refractivity contribution in [2.45, 2.75) is 127 Å². The fraction of sp³-hybridized carbons (Fsp3) is 0.634. The largest absolute Gasteiger partial charge is 0.462 e. The minimum atomic E-state index is -1.76. The first-order chi connectivity index (χ1) is 24.0. The van der Waals surface area contributed by atoms with Crippen LogP contribution in [0.5, 0.6) is 0 Å². The quantitative estimate of drug-likeness (QED) is 0.262. The Bertz CT molecular complexity index is 1470. The first-order valence-electron chi connectivity index (χ1n) is 18.5. The molecule has 2 bridgehead atoms. The van der Waals surface area contributed by atoms with Crippen LogP contribution in [0.25, 0.3) is 0 Å². The molecule has 0 saturated carbocycles. The molecule has 1 aliphatic carbocycles. The summed E-state index contributed by atoms with van der Waals surface area (Å²) in [4.78, 5) is 14.1. The molecule has 1 aromatic carbocycles. The molecule has 0 amide bonds. The van der Waals surface area contributed by atoms with E-state index in [1.807, 2.05) is 48.6 Å². The molecule has 9 nitrogen and oxygen atoms in total. The van der Waals surface area contributed by atoms with Gasteiger partial charge < -0.3 is 38.6 Å². The second kappa shape index (κ2) is 15.5. The van der Waals surface area contributed by atoms with Gasteiger partial charge in [0.05, 0.1) is 31.5 Å². The highest BCUT2D eigenvalue weighted by atomic mass is 16.7. The Morgan fingerprint density at radius 3 is 2.60 bits per heavy atom. The number of rotatable bonds is 6. The Labute approximate surface area is 297 Å². The summed E-state index contributed by atoms with van der Waals surface area (Å²) in [5.74, 6) is -2.09. The van der Waals surface area contributed by atoms with Crippen molar-refractivity contribution in [3.05, 3.63) is 83.0 Å². The van der Waals surface area contributed by atoms with Gasteiger partial charge in [-0.2, -0.15) is 0 Å². The van der Waals surface area contributed by atoms with E-state index in [1.165, 1.54) is 0 Å². The summed E-state index contributed by atoms with van der Waals surface area (Å²) in [7, 11) is 1.70. The van der Waals surface area contributed by atoms with Crippen molar-refractivity contribution in [3.8, 4) is 0 Å². The van der Waals surface area contributed by atoms with Crippen LogP contribution in [-0.2, 0) is 33.2 Å². The molecule has 6 rings (SSSR count). The zero-order chi connectivity index (χ0) is 35.6. The maximum absolute atomic E-state index is 14.1. The van der Waals surface area contributed by atoms with Crippen molar-refractivity contribution in [2.24, 2.45) is 17.8 Å². The van der Waals surface area contributed by atoms with Crippen LogP contribution in [0.1, 0.15) is 84.8 Å². The van der Waals surface area contributed by atoms with Gasteiger partial charge in [0.1, 0.15) is 35.9 Å². The number of aliphatic hydroxyl groups excluding tert-OH is 1. The van der Waals surface area contributed by atoms with E-state index in [1.54, 1.807) is 20.1 Å². The summed E-state index contributed by atoms with van der Waals surface area (Å²) in [6.07, 6.45) is 10.4. The van der Waals surface area contributed by atoms with E-state index in [4.69, 9.17) is 28.4 Å². The van der Waals surface area contributed by atoms with Crippen molar-refractivity contribution in [1.82, 2.24) is 0 Å². The maximum atomic E-state index is 14.1. The molecular weight excluding hydrogens is 636 g/mol. The lowest BCUT2D eigenvalue weighted by molar-refractivity contribution is -0.335. The van der Waals surface area contributed by atoms with Crippen LogP contribution in [0.15, 0.2) is 77.4 Å². The average Bonchev–Trinajstić information content (AvgIpc) is 3.45. The molecule has 0 aromatic heterocycles. The SMILES string of the molecule is CC[C@H]1O[C@]2(CC[C@@H]1C)C[C@@H]1C[C@@H](C/C=C(\C)[C@H](OCC(OC)c3ccccc3)[C@@H](C)/C=C/C=C3\CO[C@H]4[C@H](O)C(C)=C[C@@H](C(=O)O1)[C@]34O)O2. The summed E-state index contributed by atoms with van der Waals surface area (Å²) in [6, 6.07) is 10.1. The maximum Gasteiger partial charge on any atom is 0.316 e. The summed E-state index contributed by atoms with van der Waals surface area (Å²) < 4.78 is 38.4. The summed E-state index contributed by atoms with van der Waals surface area (Å²) in [6.45, 7) is 10.7. The Morgan fingerprint density at radius 2 is 1.86 bits per heavy atom. The van der Waals surface area contributed by atoms with E-state index in [-0.39, 0.29) is 36.9 Å². The highest BCUT2D eigenvalue weighted by Gasteiger charge is 2.60. The summed E-state index contributed by atoms with van der Waals surface area (Å²) in [5, 5.41) is 23.4. The monoisotopic (exact) mass is 692 g/mol. The Kier molecular flexibility index (Phi) is 11.5. The lowest BCUT2D eigenvalue weighted by Crippen LogP contribution is -2.58. The lowest BCUT2D eigenvalue weighted by atomic mass is 9.71. The zero-order valence-electron chi connectivity index (χ0n) is 30.5. The topological polar surface area (TPSA) is 113 Å². The number of carbonyl (C=O) groups excluding carboxylic acids is 1. The number of aliphatic hydroxyl groups is 2. The second-order valence-electron chi connectivity index (χ2n) is 15.1. The van der Waals surface area contributed by atoms with Gasteiger partial charge in [0.2, 0.25) is 0 Å². The number of esters is 1. The number of hydrogen-bond donors (Lipinski definition) is 2. The van der Waals surface area contributed by atoms with Crippen LogP contribution in [0, 0.1) is 17.8 Å². The minimum Gasteiger partial charge on any atom is -0.462 e. The third kappa shape index (κ3) is 7.47. The Balaban J connectivity index is 1.36.